The molecule has 106 valence electrons. The average Bonchev–Trinajstić information content (AvgIpc) is 2.53. The van der Waals surface area contributed by atoms with Crippen LogP contribution in [0.2, 0.25) is 0 Å². The standard InChI is InChI=1S/C16H16N4O/c1-10-19-13-6-4-3-5-12(13)16(20-10)15(17)14-8-7-11(21-2)9-18-14/h3-9,15H,17H2,1-2H3. The number of nitrogens with zero attached hydrogens (tertiary/aromatic N) is 3. The lowest BCUT2D eigenvalue weighted by atomic mass is 10.0. The quantitative estimate of drug-likeness (QED) is 0.797. The molecular formula is C16H16N4O. The fourth-order valence-corrected chi connectivity index (χ4v) is 2.30. The smallest absolute Gasteiger partial charge is 0.137 e. The molecule has 5 heteroatoms. The molecule has 0 spiro atoms. The van der Waals surface area contributed by atoms with Crippen LogP contribution in [0, 0.1) is 6.92 Å². The molecule has 3 rings (SSSR count). The second kappa shape index (κ2) is 5.46. The van der Waals surface area contributed by atoms with Crippen molar-refractivity contribution in [3.8, 4) is 5.75 Å². The van der Waals surface area contributed by atoms with Crippen molar-refractivity contribution in [2.45, 2.75) is 13.0 Å². The second-order valence-electron chi connectivity index (χ2n) is 4.77. The van der Waals surface area contributed by atoms with Crippen molar-refractivity contribution in [1.82, 2.24) is 15.0 Å². The largest absolute Gasteiger partial charge is 0.495 e. The summed E-state index contributed by atoms with van der Waals surface area (Å²) in [5.74, 6) is 1.40. The minimum atomic E-state index is -0.400. The molecule has 2 aromatic heterocycles. The first kappa shape index (κ1) is 13.5. The molecule has 1 atom stereocenters. The molecule has 2 N–H and O–H groups in total. The number of hydrogen-bond donors (Lipinski definition) is 1. The molecule has 1 unspecified atom stereocenters. The molecule has 0 bridgehead atoms. The van der Waals surface area contributed by atoms with Crippen LogP contribution in [0.25, 0.3) is 10.9 Å². The van der Waals surface area contributed by atoms with Crippen molar-refractivity contribution in [2.24, 2.45) is 5.73 Å². The molecule has 3 aromatic rings. The number of nitrogens with two attached hydrogens (primary N) is 1. The lowest BCUT2D eigenvalue weighted by Gasteiger charge is -2.14. The molecule has 0 aliphatic rings. The van der Waals surface area contributed by atoms with Crippen LogP contribution in [0.15, 0.2) is 42.6 Å². The summed E-state index contributed by atoms with van der Waals surface area (Å²) in [5, 5.41) is 0.952. The van der Waals surface area contributed by atoms with E-state index < -0.39 is 6.04 Å². The highest BCUT2D eigenvalue weighted by atomic mass is 16.5. The summed E-state index contributed by atoms with van der Waals surface area (Å²) in [7, 11) is 1.61. The first-order chi connectivity index (χ1) is 10.2. The van der Waals surface area contributed by atoms with Crippen LogP contribution in [0.1, 0.15) is 23.3 Å². The van der Waals surface area contributed by atoms with Gasteiger partial charge in [-0.2, -0.15) is 0 Å². The highest BCUT2D eigenvalue weighted by Crippen LogP contribution is 2.24. The number of benzene rings is 1. The summed E-state index contributed by atoms with van der Waals surface area (Å²) in [6, 6.07) is 11.2. The molecule has 0 radical (unpaired) electrons. The predicted molar refractivity (Wildman–Crippen MR) is 81.1 cm³/mol. The van der Waals surface area contributed by atoms with Crippen molar-refractivity contribution < 1.29 is 4.74 Å². The Kier molecular flexibility index (Phi) is 3.50. The molecule has 5 nitrogen and oxygen atoms in total. The van der Waals surface area contributed by atoms with Crippen LogP contribution in [0.4, 0.5) is 0 Å². The highest BCUT2D eigenvalue weighted by Gasteiger charge is 2.16. The number of hydrogen-bond acceptors (Lipinski definition) is 5. The molecule has 0 saturated heterocycles. The second-order valence-corrected chi connectivity index (χ2v) is 4.77. The Hall–Kier alpha value is -2.53. The first-order valence-electron chi connectivity index (χ1n) is 6.68. The van der Waals surface area contributed by atoms with Gasteiger partial charge in [-0.1, -0.05) is 18.2 Å². The number of aryl methyl sites for hydroxylation is 1. The summed E-state index contributed by atoms with van der Waals surface area (Å²) in [6.07, 6.45) is 1.66. The Balaban J connectivity index is 2.09. The molecule has 0 fully saturated rings. The van der Waals surface area contributed by atoms with Gasteiger partial charge in [0.15, 0.2) is 0 Å². The number of pyridine rings is 1. The van der Waals surface area contributed by atoms with E-state index in [9.17, 15) is 0 Å². The summed E-state index contributed by atoms with van der Waals surface area (Å²) in [6.45, 7) is 1.87. The molecule has 21 heavy (non-hydrogen) atoms. The Labute approximate surface area is 122 Å². The third kappa shape index (κ3) is 2.55. The van der Waals surface area contributed by atoms with Gasteiger partial charge >= 0.3 is 0 Å². The zero-order valence-electron chi connectivity index (χ0n) is 11.9. The van der Waals surface area contributed by atoms with Gasteiger partial charge in [0.2, 0.25) is 0 Å². The molecule has 0 saturated carbocycles. The van der Waals surface area contributed by atoms with Gasteiger partial charge in [0.25, 0.3) is 0 Å². The Morgan fingerprint density at radius 2 is 1.90 bits per heavy atom. The van der Waals surface area contributed by atoms with Crippen LogP contribution in [0.5, 0.6) is 5.75 Å². The van der Waals surface area contributed by atoms with Crippen molar-refractivity contribution in [2.75, 3.05) is 7.11 Å². The van der Waals surface area contributed by atoms with E-state index in [4.69, 9.17) is 10.5 Å². The highest BCUT2D eigenvalue weighted by molar-refractivity contribution is 5.81. The number of ether oxygens (including phenoxy) is 1. The minimum absolute atomic E-state index is 0.400. The maximum atomic E-state index is 6.35. The van der Waals surface area contributed by atoms with Crippen molar-refractivity contribution in [3.63, 3.8) is 0 Å². The Morgan fingerprint density at radius 3 is 2.62 bits per heavy atom. The summed E-state index contributed by atoms with van der Waals surface area (Å²) in [5.41, 5.74) is 8.78. The van der Waals surface area contributed by atoms with E-state index in [2.05, 4.69) is 15.0 Å². The lowest BCUT2D eigenvalue weighted by molar-refractivity contribution is 0.412. The van der Waals surface area contributed by atoms with Gasteiger partial charge in [0.05, 0.1) is 36.3 Å². The normalized spacial score (nSPS) is 12.3. The molecule has 1 aromatic carbocycles. The maximum absolute atomic E-state index is 6.35. The van der Waals surface area contributed by atoms with Crippen molar-refractivity contribution >= 4 is 10.9 Å². The van der Waals surface area contributed by atoms with Gasteiger partial charge in [-0.15, -0.1) is 0 Å². The SMILES string of the molecule is COc1ccc(C(N)c2nc(C)nc3ccccc23)nc1. The van der Waals surface area contributed by atoms with E-state index in [1.807, 2.05) is 43.3 Å². The van der Waals surface area contributed by atoms with E-state index in [1.165, 1.54) is 0 Å². The van der Waals surface area contributed by atoms with Gasteiger partial charge in [-0.3, -0.25) is 4.98 Å². The summed E-state index contributed by atoms with van der Waals surface area (Å²) in [4.78, 5) is 13.3. The number of rotatable bonds is 3. The molecule has 0 aliphatic carbocycles. The Bertz CT molecular complexity index is 771. The summed E-state index contributed by atoms with van der Waals surface area (Å²) < 4.78 is 5.12. The predicted octanol–water partition coefficient (Wildman–Crippen LogP) is 2.39. The van der Waals surface area contributed by atoms with Gasteiger partial charge in [0, 0.05) is 5.39 Å². The summed E-state index contributed by atoms with van der Waals surface area (Å²) >= 11 is 0. The lowest BCUT2D eigenvalue weighted by Crippen LogP contribution is -2.16. The third-order valence-corrected chi connectivity index (χ3v) is 3.35. The van der Waals surface area contributed by atoms with Crippen LogP contribution < -0.4 is 10.5 Å². The fraction of sp³-hybridized carbons (Fsp3) is 0.188. The topological polar surface area (TPSA) is 73.9 Å². The van der Waals surface area contributed by atoms with Crippen LogP contribution in [-0.2, 0) is 0 Å². The first-order valence-corrected chi connectivity index (χ1v) is 6.68. The van der Waals surface area contributed by atoms with E-state index in [0.29, 0.717) is 11.6 Å². The maximum Gasteiger partial charge on any atom is 0.137 e. The molecule has 2 heterocycles. The van der Waals surface area contributed by atoms with Crippen LogP contribution >= 0.6 is 0 Å². The minimum Gasteiger partial charge on any atom is -0.495 e. The molecule has 0 aliphatic heterocycles. The van der Waals surface area contributed by atoms with Crippen molar-refractivity contribution in [1.29, 1.82) is 0 Å². The fourth-order valence-electron chi connectivity index (χ4n) is 2.30. The number of para-hydroxylation sites is 1. The van der Waals surface area contributed by atoms with Gasteiger partial charge in [-0.05, 0) is 25.1 Å². The Morgan fingerprint density at radius 1 is 1.10 bits per heavy atom. The van der Waals surface area contributed by atoms with E-state index in [0.717, 1.165) is 22.3 Å². The van der Waals surface area contributed by atoms with Crippen LogP contribution in [-0.4, -0.2) is 22.1 Å². The zero-order valence-corrected chi connectivity index (χ0v) is 11.9. The van der Waals surface area contributed by atoms with Crippen molar-refractivity contribution in [3.05, 3.63) is 59.8 Å². The van der Waals surface area contributed by atoms with Gasteiger partial charge in [0.1, 0.15) is 11.6 Å². The van der Waals surface area contributed by atoms with E-state index in [-0.39, 0.29) is 0 Å². The van der Waals surface area contributed by atoms with Crippen LogP contribution in [0.3, 0.4) is 0 Å². The third-order valence-electron chi connectivity index (χ3n) is 3.35. The average molecular weight is 280 g/mol. The number of aromatic nitrogens is 3. The molecular weight excluding hydrogens is 264 g/mol. The van der Waals surface area contributed by atoms with E-state index in [1.54, 1.807) is 13.3 Å². The monoisotopic (exact) mass is 280 g/mol. The van der Waals surface area contributed by atoms with Gasteiger partial charge < -0.3 is 10.5 Å². The number of fused-ring (bicyclic) bond motifs is 1. The van der Waals surface area contributed by atoms with Gasteiger partial charge in [-0.25, -0.2) is 9.97 Å². The zero-order chi connectivity index (χ0) is 14.8. The number of methoxy groups -OCH3 is 1. The van der Waals surface area contributed by atoms with E-state index >= 15 is 0 Å². The molecule has 0 amide bonds.